The molecule has 29 heavy (non-hydrogen) atoms. The maximum atomic E-state index is 12.6. The van der Waals surface area contributed by atoms with Gasteiger partial charge in [0.05, 0.1) is 14.2 Å². The van der Waals surface area contributed by atoms with E-state index in [1.54, 1.807) is 0 Å². The lowest BCUT2D eigenvalue weighted by Crippen LogP contribution is -2.31. The van der Waals surface area contributed by atoms with E-state index in [1.165, 1.54) is 26.4 Å². The first-order valence-corrected chi connectivity index (χ1v) is 9.72. The average molecular weight is 407 g/mol. The minimum atomic E-state index is -0.918. The summed E-state index contributed by atoms with van der Waals surface area (Å²) in [5.41, 5.74) is 0.669. The summed E-state index contributed by atoms with van der Waals surface area (Å²) >= 11 is 0. The smallest absolute Gasteiger partial charge is 0.507 e. The van der Waals surface area contributed by atoms with Gasteiger partial charge < -0.3 is 24.6 Å². The molecule has 0 heterocycles. The molecular formula is C21H29NO7. The number of aromatic hydroxyl groups is 1. The number of ether oxygens (including phenoxy) is 3. The number of hydrogen-bond acceptors (Lipinski definition) is 7. The third kappa shape index (κ3) is 6.66. The van der Waals surface area contributed by atoms with Crippen LogP contribution in [0.3, 0.4) is 0 Å². The van der Waals surface area contributed by atoms with Crippen LogP contribution in [0, 0.1) is 11.8 Å². The maximum absolute atomic E-state index is 12.6. The van der Waals surface area contributed by atoms with Crippen LogP contribution in [0.5, 0.6) is 11.5 Å². The average Bonchev–Trinajstić information content (AvgIpc) is 3.49. The number of nitrogens with one attached hydrogen (secondary N) is 1. The molecule has 0 aromatic heterocycles. The van der Waals surface area contributed by atoms with Gasteiger partial charge in [-0.05, 0) is 49.1 Å². The second-order valence-corrected chi connectivity index (χ2v) is 7.72. The summed E-state index contributed by atoms with van der Waals surface area (Å²) in [7, 11) is 2.52. The predicted octanol–water partition coefficient (Wildman–Crippen LogP) is 3.37. The van der Waals surface area contributed by atoms with E-state index >= 15 is 0 Å². The first-order valence-electron chi connectivity index (χ1n) is 9.72. The molecule has 1 aliphatic rings. The highest BCUT2D eigenvalue weighted by atomic mass is 16.7. The Bertz CT molecular complexity index is 756. The Morgan fingerprint density at radius 3 is 2.41 bits per heavy atom. The Morgan fingerprint density at radius 1 is 1.17 bits per heavy atom. The van der Waals surface area contributed by atoms with Crippen molar-refractivity contribution in [3.05, 3.63) is 23.3 Å². The van der Waals surface area contributed by atoms with Crippen LogP contribution in [0.1, 0.15) is 61.4 Å². The van der Waals surface area contributed by atoms with E-state index in [1.807, 2.05) is 13.8 Å². The third-order valence-corrected chi connectivity index (χ3v) is 4.77. The summed E-state index contributed by atoms with van der Waals surface area (Å²) in [6, 6.07) is 2.79. The van der Waals surface area contributed by atoms with Crippen molar-refractivity contribution in [2.75, 3.05) is 20.8 Å². The van der Waals surface area contributed by atoms with Gasteiger partial charge >= 0.3 is 12.1 Å². The zero-order valence-electron chi connectivity index (χ0n) is 17.3. The number of carbonyl (C=O) groups excluding carboxylic acids is 3. The molecule has 1 aromatic carbocycles. The second kappa shape index (κ2) is 10.1. The second-order valence-electron chi connectivity index (χ2n) is 7.72. The quantitative estimate of drug-likeness (QED) is 0.477. The van der Waals surface area contributed by atoms with Crippen LogP contribution in [-0.4, -0.2) is 43.9 Å². The van der Waals surface area contributed by atoms with Crippen molar-refractivity contribution in [3.63, 3.8) is 0 Å². The van der Waals surface area contributed by atoms with Crippen molar-refractivity contribution >= 4 is 18.0 Å². The SMILES string of the molecule is COC(=O)CC(CNC(=O)c1cc(O)c(C2CC2)c(OC(=O)OC)c1)CC(C)C. The molecule has 8 heteroatoms. The molecule has 0 radical (unpaired) electrons. The summed E-state index contributed by atoms with van der Waals surface area (Å²) < 4.78 is 14.4. The van der Waals surface area contributed by atoms with Crippen LogP contribution in [0.4, 0.5) is 4.79 Å². The normalized spacial score (nSPS) is 14.2. The van der Waals surface area contributed by atoms with E-state index in [2.05, 4.69) is 10.1 Å². The van der Waals surface area contributed by atoms with Crippen LogP contribution < -0.4 is 10.1 Å². The van der Waals surface area contributed by atoms with Gasteiger partial charge in [-0.2, -0.15) is 0 Å². The van der Waals surface area contributed by atoms with E-state index in [9.17, 15) is 19.5 Å². The van der Waals surface area contributed by atoms with Crippen molar-refractivity contribution in [3.8, 4) is 11.5 Å². The number of rotatable bonds is 9. The van der Waals surface area contributed by atoms with E-state index in [0.29, 0.717) is 11.5 Å². The summed E-state index contributed by atoms with van der Waals surface area (Å²) in [6.07, 6.45) is 1.79. The monoisotopic (exact) mass is 407 g/mol. The molecule has 0 bridgehead atoms. The molecule has 0 aliphatic heterocycles. The van der Waals surface area contributed by atoms with E-state index in [4.69, 9.17) is 9.47 Å². The fraction of sp³-hybridized carbons (Fsp3) is 0.571. The number of benzene rings is 1. The van der Waals surface area contributed by atoms with Crippen LogP contribution >= 0.6 is 0 Å². The summed E-state index contributed by atoms with van der Waals surface area (Å²) in [4.78, 5) is 35.8. The van der Waals surface area contributed by atoms with Gasteiger partial charge in [-0.3, -0.25) is 9.59 Å². The lowest BCUT2D eigenvalue weighted by atomic mass is 9.94. The molecule has 1 saturated carbocycles. The largest absolute Gasteiger partial charge is 0.513 e. The molecule has 0 saturated heterocycles. The molecule has 1 amide bonds. The fourth-order valence-electron chi connectivity index (χ4n) is 3.30. The summed E-state index contributed by atoms with van der Waals surface area (Å²) in [6.45, 7) is 4.36. The van der Waals surface area contributed by atoms with Gasteiger partial charge in [0.1, 0.15) is 11.5 Å². The molecule has 0 spiro atoms. The highest BCUT2D eigenvalue weighted by Crippen LogP contribution is 2.49. The van der Waals surface area contributed by atoms with Crippen molar-refractivity contribution in [2.45, 2.75) is 45.4 Å². The number of phenolic OH excluding ortho intramolecular Hbond substituents is 1. The Balaban J connectivity index is 2.14. The Morgan fingerprint density at radius 2 is 1.86 bits per heavy atom. The number of carbonyl (C=O) groups is 3. The number of phenols is 1. The number of methoxy groups -OCH3 is 2. The highest BCUT2D eigenvalue weighted by Gasteiger charge is 2.32. The summed E-state index contributed by atoms with van der Waals surface area (Å²) in [5, 5.41) is 13.2. The lowest BCUT2D eigenvalue weighted by Gasteiger charge is -2.19. The van der Waals surface area contributed by atoms with Gasteiger partial charge in [-0.15, -0.1) is 0 Å². The summed E-state index contributed by atoms with van der Waals surface area (Å²) in [5.74, 6) is -0.353. The lowest BCUT2D eigenvalue weighted by molar-refractivity contribution is -0.141. The molecule has 1 fully saturated rings. The van der Waals surface area contributed by atoms with Gasteiger partial charge in [0.25, 0.3) is 5.91 Å². The molecule has 8 nitrogen and oxygen atoms in total. The van der Waals surface area contributed by atoms with E-state index in [-0.39, 0.29) is 47.8 Å². The van der Waals surface area contributed by atoms with E-state index < -0.39 is 12.1 Å². The molecule has 1 unspecified atom stereocenters. The fourth-order valence-corrected chi connectivity index (χ4v) is 3.30. The molecule has 2 N–H and O–H groups in total. The third-order valence-electron chi connectivity index (χ3n) is 4.77. The van der Waals surface area contributed by atoms with Crippen molar-refractivity contribution in [1.29, 1.82) is 0 Å². The Kier molecular flexibility index (Phi) is 7.87. The van der Waals surface area contributed by atoms with E-state index in [0.717, 1.165) is 19.3 Å². The van der Waals surface area contributed by atoms with Crippen molar-refractivity contribution in [1.82, 2.24) is 5.32 Å². The highest BCUT2D eigenvalue weighted by molar-refractivity contribution is 5.95. The van der Waals surface area contributed by atoms with Crippen molar-refractivity contribution < 1.29 is 33.7 Å². The minimum absolute atomic E-state index is 0.0727. The number of hydrogen-bond donors (Lipinski definition) is 2. The molecular weight excluding hydrogens is 378 g/mol. The molecule has 1 atom stereocenters. The zero-order chi connectivity index (χ0) is 21.6. The molecule has 1 aliphatic carbocycles. The Hall–Kier alpha value is -2.77. The maximum Gasteiger partial charge on any atom is 0.513 e. The van der Waals surface area contributed by atoms with Gasteiger partial charge in [0.15, 0.2) is 0 Å². The van der Waals surface area contributed by atoms with Gasteiger partial charge in [-0.25, -0.2) is 4.79 Å². The van der Waals surface area contributed by atoms with Gasteiger partial charge in [0.2, 0.25) is 0 Å². The van der Waals surface area contributed by atoms with Crippen LogP contribution in [0.15, 0.2) is 12.1 Å². The molecule has 2 rings (SSSR count). The first kappa shape index (κ1) is 22.5. The van der Waals surface area contributed by atoms with Gasteiger partial charge in [0, 0.05) is 24.1 Å². The molecule has 160 valence electrons. The van der Waals surface area contributed by atoms with Crippen LogP contribution in [0.25, 0.3) is 0 Å². The predicted molar refractivity (Wildman–Crippen MR) is 105 cm³/mol. The van der Waals surface area contributed by atoms with Crippen LogP contribution in [0.2, 0.25) is 0 Å². The van der Waals surface area contributed by atoms with Crippen molar-refractivity contribution in [2.24, 2.45) is 11.8 Å². The standard InChI is InChI=1S/C21H29NO7/c1-12(2)7-13(8-18(24)27-3)11-22-20(25)15-9-16(23)19(14-5-6-14)17(10-15)29-21(26)28-4/h9-10,12-14,23H,5-8,11H2,1-4H3,(H,22,25). The molecule has 1 aromatic rings. The van der Waals surface area contributed by atoms with Crippen LogP contribution in [-0.2, 0) is 14.3 Å². The zero-order valence-corrected chi connectivity index (χ0v) is 17.3. The minimum Gasteiger partial charge on any atom is -0.507 e. The number of esters is 1. The van der Waals surface area contributed by atoms with Gasteiger partial charge in [-0.1, -0.05) is 13.8 Å². The topological polar surface area (TPSA) is 111 Å². The Labute approximate surface area is 170 Å². The number of amides is 1. The first-order chi connectivity index (χ1) is 13.7.